The van der Waals surface area contributed by atoms with Crippen LogP contribution in [0.2, 0.25) is 0 Å². The third-order valence-electron chi connectivity index (χ3n) is 3.94. The standard InChI is InChI=1S/C20H27NO5S/c1-15-10-11-16-8-6-7-9-17(16)19(15)27(23,24)21(5)12-13-25-14-18(22)26-20(2,3)4/h6-11H,12-14H2,1-5H3. The van der Waals surface area contributed by atoms with Gasteiger partial charge in [0.2, 0.25) is 10.0 Å². The molecule has 0 atom stereocenters. The van der Waals surface area contributed by atoms with E-state index in [9.17, 15) is 13.2 Å². The Bertz CT molecular complexity index is 916. The second-order valence-electron chi connectivity index (χ2n) is 7.40. The summed E-state index contributed by atoms with van der Waals surface area (Å²) >= 11 is 0. The predicted molar refractivity (Wildman–Crippen MR) is 105 cm³/mol. The van der Waals surface area contributed by atoms with E-state index in [0.29, 0.717) is 15.8 Å². The molecule has 0 aromatic heterocycles. The SMILES string of the molecule is Cc1ccc2ccccc2c1S(=O)(=O)N(C)CCOCC(=O)OC(C)(C)C. The Labute approximate surface area is 161 Å². The van der Waals surface area contributed by atoms with Crippen LogP contribution in [0, 0.1) is 6.92 Å². The number of hydrogen-bond acceptors (Lipinski definition) is 5. The highest BCUT2D eigenvalue weighted by Crippen LogP contribution is 2.28. The highest BCUT2D eigenvalue weighted by Gasteiger charge is 2.25. The molecule has 148 valence electrons. The van der Waals surface area contributed by atoms with Gasteiger partial charge in [0.15, 0.2) is 0 Å². The Hall–Kier alpha value is -1.96. The van der Waals surface area contributed by atoms with E-state index in [0.717, 1.165) is 5.39 Å². The third kappa shape index (κ3) is 5.51. The van der Waals surface area contributed by atoms with Gasteiger partial charge in [-0.15, -0.1) is 0 Å². The lowest BCUT2D eigenvalue weighted by molar-refractivity contribution is -0.160. The smallest absolute Gasteiger partial charge is 0.332 e. The maximum Gasteiger partial charge on any atom is 0.332 e. The minimum Gasteiger partial charge on any atom is -0.458 e. The molecule has 2 rings (SSSR count). The number of carbonyl (C=O) groups excluding carboxylic acids is 1. The van der Waals surface area contributed by atoms with Crippen molar-refractivity contribution in [3.63, 3.8) is 0 Å². The summed E-state index contributed by atoms with van der Waals surface area (Å²) in [6.07, 6.45) is 0. The first-order valence-corrected chi connectivity index (χ1v) is 10.2. The molecule has 2 aromatic carbocycles. The number of ether oxygens (including phenoxy) is 2. The molecule has 0 aliphatic carbocycles. The lowest BCUT2D eigenvalue weighted by Crippen LogP contribution is -2.32. The molecule has 0 bridgehead atoms. The molecule has 0 unspecified atom stereocenters. The van der Waals surface area contributed by atoms with Crippen LogP contribution < -0.4 is 0 Å². The minimum atomic E-state index is -3.69. The van der Waals surface area contributed by atoms with Crippen LogP contribution in [-0.2, 0) is 24.3 Å². The van der Waals surface area contributed by atoms with Gasteiger partial charge in [-0.2, -0.15) is 4.31 Å². The average Bonchev–Trinajstić information content (AvgIpc) is 2.56. The minimum absolute atomic E-state index is 0.0960. The van der Waals surface area contributed by atoms with Gasteiger partial charge in [0.1, 0.15) is 12.2 Å². The highest BCUT2D eigenvalue weighted by molar-refractivity contribution is 7.89. The van der Waals surface area contributed by atoms with Crippen molar-refractivity contribution >= 4 is 26.8 Å². The van der Waals surface area contributed by atoms with Crippen LogP contribution in [0.4, 0.5) is 0 Å². The van der Waals surface area contributed by atoms with Crippen LogP contribution in [0.15, 0.2) is 41.3 Å². The fourth-order valence-corrected chi connectivity index (χ4v) is 4.26. The number of sulfonamides is 1. The molecule has 0 fully saturated rings. The van der Waals surface area contributed by atoms with Crippen molar-refractivity contribution in [2.45, 2.75) is 38.2 Å². The number of hydrogen-bond donors (Lipinski definition) is 0. The molecule has 27 heavy (non-hydrogen) atoms. The number of likely N-dealkylation sites (N-methyl/N-ethyl adjacent to an activating group) is 1. The van der Waals surface area contributed by atoms with Gasteiger partial charge in [-0.05, 0) is 38.6 Å². The highest BCUT2D eigenvalue weighted by atomic mass is 32.2. The van der Waals surface area contributed by atoms with Crippen molar-refractivity contribution in [3.05, 3.63) is 42.0 Å². The number of fused-ring (bicyclic) bond motifs is 1. The van der Waals surface area contributed by atoms with Gasteiger partial charge in [0.05, 0.1) is 11.5 Å². The summed E-state index contributed by atoms with van der Waals surface area (Å²) in [6.45, 7) is 7.13. The van der Waals surface area contributed by atoms with Crippen molar-refractivity contribution in [1.29, 1.82) is 0 Å². The number of benzene rings is 2. The van der Waals surface area contributed by atoms with E-state index in [1.807, 2.05) is 36.4 Å². The maximum atomic E-state index is 13.1. The van der Waals surface area contributed by atoms with Gasteiger partial charge >= 0.3 is 5.97 Å². The van der Waals surface area contributed by atoms with Gasteiger partial charge in [0, 0.05) is 19.0 Å². The van der Waals surface area contributed by atoms with Crippen LogP contribution >= 0.6 is 0 Å². The Morgan fingerprint density at radius 2 is 1.78 bits per heavy atom. The summed E-state index contributed by atoms with van der Waals surface area (Å²) in [5.41, 5.74) is 0.113. The van der Waals surface area contributed by atoms with Crippen molar-refractivity contribution in [3.8, 4) is 0 Å². The van der Waals surface area contributed by atoms with Crippen LogP contribution in [0.3, 0.4) is 0 Å². The average molecular weight is 394 g/mol. The lowest BCUT2D eigenvalue weighted by Gasteiger charge is -2.21. The van der Waals surface area contributed by atoms with Crippen LogP contribution in [0.25, 0.3) is 10.8 Å². The Kier molecular flexibility index (Phi) is 6.62. The number of carbonyl (C=O) groups is 1. The van der Waals surface area contributed by atoms with Crippen LogP contribution in [0.1, 0.15) is 26.3 Å². The van der Waals surface area contributed by atoms with Crippen LogP contribution in [-0.4, -0.2) is 51.1 Å². The molecule has 0 saturated heterocycles. The second-order valence-corrected chi connectivity index (χ2v) is 9.38. The molecule has 6 nitrogen and oxygen atoms in total. The zero-order valence-electron chi connectivity index (χ0n) is 16.5. The summed E-state index contributed by atoms with van der Waals surface area (Å²) in [6, 6.07) is 11.1. The molecule has 2 aromatic rings. The fraction of sp³-hybridized carbons (Fsp3) is 0.450. The predicted octanol–water partition coefficient (Wildman–Crippen LogP) is 3.13. The number of nitrogens with zero attached hydrogens (tertiary/aromatic N) is 1. The largest absolute Gasteiger partial charge is 0.458 e. The van der Waals surface area contributed by atoms with Gasteiger partial charge in [-0.1, -0.05) is 36.4 Å². The van der Waals surface area contributed by atoms with E-state index < -0.39 is 21.6 Å². The van der Waals surface area contributed by atoms with E-state index in [1.165, 1.54) is 11.4 Å². The summed E-state index contributed by atoms with van der Waals surface area (Å²) in [5.74, 6) is -0.474. The zero-order valence-corrected chi connectivity index (χ0v) is 17.3. The summed E-state index contributed by atoms with van der Waals surface area (Å²) < 4.78 is 37.8. The van der Waals surface area contributed by atoms with Crippen molar-refractivity contribution in [2.24, 2.45) is 0 Å². The van der Waals surface area contributed by atoms with E-state index in [1.54, 1.807) is 27.7 Å². The van der Waals surface area contributed by atoms with E-state index in [-0.39, 0.29) is 19.8 Å². The Morgan fingerprint density at radius 1 is 1.11 bits per heavy atom. The van der Waals surface area contributed by atoms with E-state index in [4.69, 9.17) is 9.47 Å². The number of aryl methyl sites for hydroxylation is 1. The van der Waals surface area contributed by atoms with Gasteiger partial charge in [0.25, 0.3) is 0 Å². The quantitative estimate of drug-likeness (QED) is 0.534. The summed E-state index contributed by atoms with van der Waals surface area (Å²) in [4.78, 5) is 11.9. The molecule has 7 heteroatoms. The first-order valence-electron chi connectivity index (χ1n) is 8.76. The maximum absolute atomic E-state index is 13.1. The summed E-state index contributed by atoms with van der Waals surface area (Å²) in [5, 5.41) is 1.57. The molecule has 0 spiro atoms. The molecule has 0 amide bonds. The zero-order chi connectivity index (χ0) is 20.2. The molecular formula is C20H27NO5S. The molecular weight excluding hydrogens is 366 g/mol. The first-order chi connectivity index (χ1) is 12.5. The van der Waals surface area contributed by atoms with Crippen LogP contribution in [0.5, 0.6) is 0 Å². The van der Waals surface area contributed by atoms with Crippen molar-refractivity contribution in [1.82, 2.24) is 4.31 Å². The fourth-order valence-electron chi connectivity index (χ4n) is 2.69. The van der Waals surface area contributed by atoms with Gasteiger partial charge in [-0.3, -0.25) is 0 Å². The number of esters is 1. The molecule has 0 heterocycles. The molecule has 0 N–H and O–H groups in total. The molecule has 0 radical (unpaired) electrons. The van der Waals surface area contributed by atoms with Gasteiger partial charge < -0.3 is 9.47 Å². The number of rotatable bonds is 7. The first kappa shape index (κ1) is 21.3. The Balaban J connectivity index is 2.05. The van der Waals surface area contributed by atoms with Crippen molar-refractivity contribution < 1.29 is 22.7 Å². The van der Waals surface area contributed by atoms with E-state index >= 15 is 0 Å². The Morgan fingerprint density at radius 3 is 2.44 bits per heavy atom. The second kappa shape index (κ2) is 8.37. The molecule has 0 aliphatic rings. The lowest BCUT2D eigenvalue weighted by atomic mass is 10.1. The van der Waals surface area contributed by atoms with Gasteiger partial charge in [-0.25, -0.2) is 13.2 Å². The monoisotopic (exact) mass is 393 g/mol. The third-order valence-corrected chi connectivity index (χ3v) is 6.00. The topological polar surface area (TPSA) is 72.9 Å². The molecule has 0 saturated carbocycles. The molecule has 0 aliphatic heterocycles. The summed E-state index contributed by atoms with van der Waals surface area (Å²) in [7, 11) is -2.18. The van der Waals surface area contributed by atoms with E-state index in [2.05, 4.69) is 0 Å². The normalized spacial score (nSPS) is 12.5. The van der Waals surface area contributed by atoms with Crippen molar-refractivity contribution in [2.75, 3.05) is 26.8 Å².